The monoisotopic (exact) mass is 397 g/mol. The molecule has 0 spiro atoms. The van der Waals surface area contributed by atoms with Crippen LogP contribution in [0.25, 0.3) is 0 Å². The average molecular weight is 397 g/mol. The van der Waals surface area contributed by atoms with E-state index in [1.54, 1.807) is 24.3 Å². The molecule has 158 valence electrons. The zero-order chi connectivity index (χ0) is 20.5. The number of rotatable bonds is 10. The fourth-order valence-electron chi connectivity index (χ4n) is 3.01. The second kappa shape index (κ2) is 11.2. The van der Waals surface area contributed by atoms with Crippen molar-refractivity contribution in [2.24, 2.45) is 0 Å². The van der Waals surface area contributed by atoms with Crippen molar-refractivity contribution >= 4 is 11.7 Å². The van der Waals surface area contributed by atoms with Crippen molar-refractivity contribution in [2.75, 3.05) is 12.3 Å². The third-order valence-corrected chi connectivity index (χ3v) is 4.71. The minimum atomic E-state index is -1.49. The summed E-state index contributed by atoms with van der Waals surface area (Å²) in [4.78, 5) is 11.8. The van der Waals surface area contributed by atoms with E-state index < -0.39 is 36.7 Å². The van der Waals surface area contributed by atoms with Gasteiger partial charge in [0.25, 0.3) is 0 Å². The maximum atomic E-state index is 11.8. The molecule has 1 aliphatic rings. The van der Waals surface area contributed by atoms with Gasteiger partial charge in [-0.15, -0.1) is 0 Å². The van der Waals surface area contributed by atoms with E-state index in [1.807, 2.05) is 0 Å². The van der Waals surface area contributed by atoms with Crippen LogP contribution in [0.5, 0.6) is 5.75 Å². The number of benzene rings is 1. The lowest BCUT2D eigenvalue weighted by Crippen LogP contribution is -2.60. The van der Waals surface area contributed by atoms with Crippen molar-refractivity contribution in [2.45, 2.75) is 76.2 Å². The van der Waals surface area contributed by atoms with Crippen LogP contribution in [0.2, 0.25) is 0 Å². The first-order valence-electron chi connectivity index (χ1n) is 9.80. The molecule has 1 fully saturated rings. The molecule has 1 heterocycles. The number of aliphatic hydroxyl groups is 3. The molecule has 2 rings (SSSR count). The maximum Gasteiger partial charge on any atom is 0.305 e. The lowest BCUT2D eigenvalue weighted by Gasteiger charge is -2.40. The van der Waals surface area contributed by atoms with Gasteiger partial charge in [0.15, 0.2) is 12.4 Å². The number of carbonyl (C=O) groups excluding carboxylic acids is 1. The van der Waals surface area contributed by atoms with Crippen LogP contribution in [-0.4, -0.2) is 58.6 Å². The molecule has 0 aliphatic carbocycles. The molecule has 1 aromatic rings. The number of hydrogen-bond donors (Lipinski definition) is 4. The summed E-state index contributed by atoms with van der Waals surface area (Å²) in [6.45, 7) is 1.87. The normalized spacial score (nSPS) is 27.4. The number of esters is 1. The standard InChI is InChI=1S/C20H31NO7/c1-2-3-4-5-6-7-16(22)26-12-15-17(23)18(24)19(20(25)28-15)27-14-10-8-13(21)9-11-14/h8-11,15,17-20,23-25H,2-7,12,21H2,1H3/t15-,17-,18+,19-,20-/m1/s1. The van der Waals surface area contributed by atoms with Crippen LogP contribution in [0, 0.1) is 0 Å². The Morgan fingerprint density at radius 2 is 1.75 bits per heavy atom. The van der Waals surface area contributed by atoms with E-state index in [0.717, 1.165) is 32.1 Å². The average Bonchev–Trinajstić information content (AvgIpc) is 2.68. The summed E-state index contributed by atoms with van der Waals surface area (Å²) in [5.41, 5.74) is 6.15. The van der Waals surface area contributed by atoms with Crippen LogP contribution in [0.15, 0.2) is 24.3 Å². The number of anilines is 1. The lowest BCUT2D eigenvalue weighted by atomic mass is 9.99. The minimum absolute atomic E-state index is 0.252. The smallest absolute Gasteiger partial charge is 0.305 e. The summed E-state index contributed by atoms with van der Waals surface area (Å²) in [6, 6.07) is 6.38. The Hall–Kier alpha value is -1.87. The highest BCUT2D eigenvalue weighted by atomic mass is 16.7. The number of hydrogen-bond acceptors (Lipinski definition) is 8. The lowest BCUT2D eigenvalue weighted by molar-refractivity contribution is -0.281. The van der Waals surface area contributed by atoms with Crippen LogP contribution in [0.4, 0.5) is 5.69 Å². The van der Waals surface area contributed by atoms with Crippen molar-refractivity contribution in [3.8, 4) is 5.75 Å². The first-order chi connectivity index (χ1) is 13.4. The Labute approximate surface area is 165 Å². The number of nitrogen functional groups attached to an aromatic ring is 1. The Morgan fingerprint density at radius 1 is 1.07 bits per heavy atom. The zero-order valence-corrected chi connectivity index (χ0v) is 16.2. The summed E-state index contributed by atoms with van der Waals surface area (Å²) in [7, 11) is 0. The molecule has 0 amide bonds. The van der Waals surface area contributed by atoms with E-state index in [4.69, 9.17) is 19.9 Å². The Morgan fingerprint density at radius 3 is 2.43 bits per heavy atom. The molecular weight excluding hydrogens is 366 g/mol. The molecule has 1 saturated heterocycles. The summed E-state index contributed by atoms with van der Waals surface area (Å²) >= 11 is 0. The molecule has 8 heteroatoms. The number of nitrogens with two attached hydrogens (primary N) is 1. The van der Waals surface area contributed by atoms with Crippen molar-refractivity contribution < 1.29 is 34.3 Å². The highest BCUT2D eigenvalue weighted by Crippen LogP contribution is 2.25. The number of ether oxygens (including phenoxy) is 3. The molecule has 8 nitrogen and oxygen atoms in total. The van der Waals surface area contributed by atoms with Crippen molar-refractivity contribution in [3.63, 3.8) is 0 Å². The van der Waals surface area contributed by atoms with Crippen molar-refractivity contribution in [1.29, 1.82) is 0 Å². The summed E-state index contributed by atoms with van der Waals surface area (Å²) in [6.07, 6.45) is -1.15. The predicted octanol–water partition coefficient (Wildman–Crippen LogP) is 1.36. The molecule has 5 N–H and O–H groups in total. The van der Waals surface area contributed by atoms with Crippen LogP contribution in [-0.2, 0) is 14.3 Å². The third-order valence-electron chi connectivity index (χ3n) is 4.71. The second-order valence-corrected chi connectivity index (χ2v) is 7.05. The van der Waals surface area contributed by atoms with Gasteiger partial charge in [-0.3, -0.25) is 4.79 Å². The number of carbonyl (C=O) groups is 1. The third kappa shape index (κ3) is 6.63. The molecular formula is C20H31NO7. The fraction of sp³-hybridized carbons (Fsp3) is 0.650. The van der Waals surface area contributed by atoms with E-state index in [0.29, 0.717) is 17.9 Å². The molecule has 0 radical (unpaired) electrons. The summed E-state index contributed by atoms with van der Waals surface area (Å²) in [5.74, 6) is -0.0300. The van der Waals surface area contributed by atoms with Gasteiger partial charge in [-0.2, -0.15) is 0 Å². The van der Waals surface area contributed by atoms with E-state index in [-0.39, 0.29) is 6.61 Å². The predicted molar refractivity (Wildman–Crippen MR) is 102 cm³/mol. The van der Waals surface area contributed by atoms with E-state index in [2.05, 4.69) is 6.92 Å². The molecule has 0 saturated carbocycles. The van der Waals surface area contributed by atoms with Gasteiger partial charge >= 0.3 is 5.97 Å². The molecule has 28 heavy (non-hydrogen) atoms. The maximum absolute atomic E-state index is 11.8. The quantitative estimate of drug-likeness (QED) is 0.264. The first-order valence-corrected chi connectivity index (χ1v) is 9.80. The summed E-state index contributed by atoms with van der Waals surface area (Å²) < 4.78 is 15.9. The number of unbranched alkanes of at least 4 members (excludes halogenated alkanes) is 4. The molecule has 0 unspecified atom stereocenters. The van der Waals surface area contributed by atoms with E-state index in [9.17, 15) is 20.1 Å². The van der Waals surface area contributed by atoms with Crippen molar-refractivity contribution in [3.05, 3.63) is 24.3 Å². The number of aliphatic hydroxyl groups excluding tert-OH is 3. The van der Waals surface area contributed by atoms with Crippen LogP contribution in [0.1, 0.15) is 45.4 Å². The Bertz CT molecular complexity index is 595. The molecule has 1 aliphatic heterocycles. The van der Waals surface area contributed by atoms with Gasteiger partial charge < -0.3 is 35.3 Å². The Balaban J connectivity index is 1.79. The van der Waals surface area contributed by atoms with Gasteiger partial charge in [-0.1, -0.05) is 32.6 Å². The Kier molecular flexibility index (Phi) is 8.98. The van der Waals surface area contributed by atoms with Gasteiger partial charge in [-0.05, 0) is 30.7 Å². The van der Waals surface area contributed by atoms with Crippen molar-refractivity contribution in [1.82, 2.24) is 0 Å². The topological polar surface area (TPSA) is 131 Å². The first kappa shape index (κ1) is 22.4. The van der Waals surface area contributed by atoms with Crippen LogP contribution in [0.3, 0.4) is 0 Å². The largest absolute Gasteiger partial charge is 0.482 e. The highest BCUT2D eigenvalue weighted by molar-refractivity contribution is 5.69. The van der Waals surface area contributed by atoms with Gasteiger partial charge in [-0.25, -0.2) is 0 Å². The second-order valence-electron chi connectivity index (χ2n) is 7.05. The fourth-order valence-corrected chi connectivity index (χ4v) is 3.01. The molecule has 1 aromatic carbocycles. The molecule has 0 bridgehead atoms. The van der Waals surface area contributed by atoms with Gasteiger partial charge in [0.1, 0.15) is 30.7 Å². The van der Waals surface area contributed by atoms with Crippen LogP contribution >= 0.6 is 0 Å². The van der Waals surface area contributed by atoms with E-state index >= 15 is 0 Å². The van der Waals surface area contributed by atoms with Gasteiger partial charge in [0.05, 0.1) is 0 Å². The molecule has 0 aromatic heterocycles. The van der Waals surface area contributed by atoms with E-state index in [1.165, 1.54) is 0 Å². The minimum Gasteiger partial charge on any atom is -0.482 e. The highest BCUT2D eigenvalue weighted by Gasteiger charge is 2.45. The van der Waals surface area contributed by atoms with Gasteiger partial charge in [0, 0.05) is 12.1 Å². The zero-order valence-electron chi connectivity index (χ0n) is 16.2. The summed E-state index contributed by atoms with van der Waals surface area (Å²) in [5, 5.41) is 30.7. The molecule has 5 atom stereocenters. The van der Waals surface area contributed by atoms with Crippen LogP contribution < -0.4 is 10.5 Å². The van der Waals surface area contributed by atoms with Gasteiger partial charge in [0.2, 0.25) is 0 Å². The SMILES string of the molecule is CCCCCCCC(=O)OC[C@H]1O[C@@H](O)[C@H](Oc2ccc(N)cc2)[C@@H](O)[C@@H]1O.